The van der Waals surface area contributed by atoms with E-state index in [0.29, 0.717) is 35.1 Å². The lowest BCUT2D eigenvalue weighted by atomic mass is 10.1. The quantitative estimate of drug-likeness (QED) is 0.398. The molecule has 0 N–H and O–H groups in total. The number of benzene rings is 3. The second kappa shape index (κ2) is 11.1. The monoisotopic (exact) mass is 543 g/mol. The van der Waals surface area contributed by atoms with Crippen LogP contribution in [0.4, 0.5) is 11.4 Å². The van der Waals surface area contributed by atoms with Gasteiger partial charge in [0, 0.05) is 48.9 Å². The lowest BCUT2D eigenvalue weighted by molar-refractivity contribution is -0.114. The summed E-state index contributed by atoms with van der Waals surface area (Å²) < 4.78 is 10.7. The number of ether oxygens (including phenoxy) is 2. The molecule has 0 aromatic heterocycles. The molecule has 5 rings (SSSR count). The Balaban J connectivity index is 1.32. The molecule has 39 heavy (non-hydrogen) atoms. The van der Waals surface area contributed by atoms with Crippen LogP contribution in [0.25, 0.3) is 6.08 Å². The zero-order chi connectivity index (χ0) is 27.7. The minimum atomic E-state index is -0.118. The standard InChI is InChI=1S/C31H33N3O4S/c1-20-6-10-24(11-7-20)34-15-14-33(19-21(34)2)30(35)23-9-13-28-25(18-23)32(3)31(36)29(39-28)17-22-8-12-26(37-4)27(16-22)38-5/h6-13,16-18,21H,14-15,19H2,1-5H3/b29-17-. The minimum absolute atomic E-state index is 0.00859. The number of aryl methyl sites for hydroxylation is 1. The van der Waals surface area contributed by atoms with Crippen molar-refractivity contribution in [3.63, 3.8) is 0 Å². The number of rotatable bonds is 5. The van der Waals surface area contributed by atoms with E-state index in [0.717, 1.165) is 22.7 Å². The summed E-state index contributed by atoms with van der Waals surface area (Å²) in [7, 11) is 4.93. The average Bonchev–Trinajstić information content (AvgIpc) is 2.95. The second-order valence-electron chi connectivity index (χ2n) is 9.90. The van der Waals surface area contributed by atoms with Crippen LogP contribution < -0.4 is 19.3 Å². The zero-order valence-corrected chi connectivity index (χ0v) is 23.7. The van der Waals surface area contributed by atoms with Crippen LogP contribution in [0.15, 0.2) is 70.5 Å². The molecule has 0 saturated carbocycles. The Bertz CT molecular complexity index is 1440. The number of hydrogen-bond acceptors (Lipinski definition) is 6. The molecule has 0 radical (unpaired) electrons. The van der Waals surface area contributed by atoms with Gasteiger partial charge < -0.3 is 24.2 Å². The first kappa shape index (κ1) is 26.7. The summed E-state index contributed by atoms with van der Waals surface area (Å²) in [4.78, 5) is 34.2. The number of carbonyl (C=O) groups excluding carboxylic acids is 2. The van der Waals surface area contributed by atoms with Crippen molar-refractivity contribution in [2.24, 2.45) is 0 Å². The van der Waals surface area contributed by atoms with E-state index in [-0.39, 0.29) is 17.9 Å². The Morgan fingerprint density at radius 2 is 1.72 bits per heavy atom. The summed E-state index contributed by atoms with van der Waals surface area (Å²) in [5.41, 5.74) is 4.59. The first-order valence-electron chi connectivity index (χ1n) is 13.0. The molecular weight excluding hydrogens is 510 g/mol. The highest BCUT2D eigenvalue weighted by molar-refractivity contribution is 8.04. The molecule has 1 fully saturated rings. The Labute approximate surface area is 234 Å². The van der Waals surface area contributed by atoms with Crippen LogP contribution in [0.5, 0.6) is 11.5 Å². The molecule has 1 atom stereocenters. The highest BCUT2D eigenvalue weighted by Gasteiger charge is 2.30. The van der Waals surface area contributed by atoms with Gasteiger partial charge in [-0.2, -0.15) is 0 Å². The summed E-state index contributed by atoms with van der Waals surface area (Å²) in [6.45, 7) is 6.31. The smallest absolute Gasteiger partial charge is 0.264 e. The van der Waals surface area contributed by atoms with E-state index in [1.807, 2.05) is 47.4 Å². The average molecular weight is 544 g/mol. The van der Waals surface area contributed by atoms with Gasteiger partial charge in [-0.15, -0.1) is 0 Å². The summed E-state index contributed by atoms with van der Waals surface area (Å²) >= 11 is 1.41. The molecule has 2 amide bonds. The SMILES string of the molecule is COc1ccc(/C=C2\Sc3ccc(C(=O)N4CCN(c5ccc(C)cc5)C(C)C4)cc3N(C)C2=O)cc1OC. The summed E-state index contributed by atoms with van der Waals surface area (Å²) in [6.07, 6.45) is 1.85. The molecule has 3 aromatic carbocycles. The third-order valence-corrected chi connectivity index (χ3v) is 8.37. The van der Waals surface area contributed by atoms with Gasteiger partial charge in [0.1, 0.15) is 0 Å². The molecule has 0 aliphatic carbocycles. The van der Waals surface area contributed by atoms with Crippen LogP contribution in [-0.4, -0.2) is 63.7 Å². The lowest BCUT2D eigenvalue weighted by Crippen LogP contribution is -2.53. The van der Waals surface area contributed by atoms with Gasteiger partial charge in [-0.3, -0.25) is 9.59 Å². The lowest BCUT2D eigenvalue weighted by Gasteiger charge is -2.41. The summed E-state index contributed by atoms with van der Waals surface area (Å²) in [5, 5.41) is 0. The van der Waals surface area contributed by atoms with E-state index in [4.69, 9.17) is 9.47 Å². The van der Waals surface area contributed by atoms with Crippen LogP contribution in [0.3, 0.4) is 0 Å². The molecule has 7 nitrogen and oxygen atoms in total. The van der Waals surface area contributed by atoms with Crippen molar-refractivity contribution in [3.8, 4) is 11.5 Å². The van der Waals surface area contributed by atoms with E-state index >= 15 is 0 Å². The fourth-order valence-electron chi connectivity index (χ4n) is 5.07. The van der Waals surface area contributed by atoms with Crippen LogP contribution >= 0.6 is 11.8 Å². The van der Waals surface area contributed by atoms with E-state index in [1.54, 1.807) is 26.2 Å². The van der Waals surface area contributed by atoms with Crippen molar-refractivity contribution in [1.82, 2.24) is 4.90 Å². The molecule has 2 aliphatic rings. The number of likely N-dealkylation sites (N-methyl/N-ethyl adjacent to an activating group) is 1. The normalized spacial score (nSPS) is 18.3. The van der Waals surface area contributed by atoms with E-state index in [1.165, 1.54) is 23.0 Å². The van der Waals surface area contributed by atoms with Gasteiger partial charge >= 0.3 is 0 Å². The number of piperazine rings is 1. The van der Waals surface area contributed by atoms with Crippen molar-refractivity contribution in [2.45, 2.75) is 24.8 Å². The maximum atomic E-state index is 13.5. The molecule has 2 heterocycles. The Morgan fingerprint density at radius 3 is 2.41 bits per heavy atom. The molecule has 0 bridgehead atoms. The molecule has 202 valence electrons. The van der Waals surface area contributed by atoms with E-state index in [9.17, 15) is 9.59 Å². The number of carbonyl (C=O) groups is 2. The van der Waals surface area contributed by atoms with Crippen molar-refractivity contribution >= 4 is 41.0 Å². The maximum absolute atomic E-state index is 13.5. The summed E-state index contributed by atoms with van der Waals surface area (Å²) in [6, 6.07) is 19.9. The van der Waals surface area contributed by atoms with E-state index < -0.39 is 0 Å². The topological polar surface area (TPSA) is 62.3 Å². The Morgan fingerprint density at radius 1 is 0.974 bits per heavy atom. The van der Waals surface area contributed by atoms with Crippen LogP contribution in [-0.2, 0) is 4.79 Å². The molecule has 0 spiro atoms. The van der Waals surface area contributed by atoms with Crippen molar-refractivity contribution in [3.05, 3.63) is 82.3 Å². The van der Waals surface area contributed by atoms with Gasteiger partial charge in [0.25, 0.3) is 11.8 Å². The highest BCUT2D eigenvalue weighted by atomic mass is 32.2. The van der Waals surface area contributed by atoms with Gasteiger partial charge in [0.2, 0.25) is 0 Å². The maximum Gasteiger partial charge on any atom is 0.264 e. The number of amides is 2. The molecule has 8 heteroatoms. The van der Waals surface area contributed by atoms with Gasteiger partial charge in [0.15, 0.2) is 11.5 Å². The fourth-order valence-corrected chi connectivity index (χ4v) is 6.16. The minimum Gasteiger partial charge on any atom is -0.493 e. The number of nitrogens with zero attached hydrogens (tertiary/aromatic N) is 3. The van der Waals surface area contributed by atoms with Crippen molar-refractivity contribution in [1.29, 1.82) is 0 Å². The van der Waals surface area contributed by atoms with Gasteiger partial charge in [-0.25, -0.2) is 0 Å². The zero-order valence-electron chi connectivity index (χ0n) is 22.9. The van der Waals surface area contributed by atoms with Crippen LogP contribution in [0.1, 0.15) is 28.4 Å². The number of anilines is 2. The Hall–Kier alpha value is -3.91. The van der Waals surface area contributed by atoms with Crippen molar-refractivity contribution in [2.75, 3.05) is 50.7 Å². The molecule has 1 unspecified atom stereocenters. The predicted molar refractivity (Wildman–Crippen MR) is 157 cm³/mol. The highest BCUT2D eigenvalue weighted by Crippen LogP contribution is 2.42. The summed E-state index contributed by atoms with van der Waals surface area (Å²) in [5.74, 6) is 1.11. The number of thioether (sulfide) groups is 1. The molecular formula is C31H33N3O4S. The number of methoxy groups -OCH3 is 2. The van der Waals surface area contributed by atoms with Gasteiger partial charge in [0.05, 0.1) is 24.8 Å². The first-order valence-corrected chi connectivity index (χ1v) is 13.8. The van der Waals surface area contributed by atoms with Crippen LogP contribution in [0, 0.1) is 6.92 Å². The van der Waals surface area contributed by atoms with Crippen molar-refractivity contribution < 1.29 is 19.1 Å². The van der Waals surface area contributed by atoms with Crippen LogP contribution in [0.2, 0.25) is 0 Å². The van der Waals surface area contributed by atoms with Gasteiger partial charge in [-0.05, 0) is 68.0 Å². The third kappa shape index (κ3) is 5.34. The largest absolute Gasteiger partial charge is 0.493 e. The Kier molecular flexibility index (Phi) is 7.57. The third-order valence-electron chi connectivity index (χ3n) is 7.29. The van der Waals surface area contributed by atoms with E-state index in [2.05, 4.69) is 43.0 Å². The molecule has 1 saturated heterocycles. The first-order chi connectivity index (χ1) is 18.8. The fraction of sp³-hybridized carbons (Fsp3) is 0.290. The molecule has 3 aromatic rings. The number of hydrogen-bond donors (Lipinski definition) is 0. The predicted octanol–water partition coefficient (Wildman–Crippen LogP) is 5.47. The second-order valence-corrected chi connectivity index (χ2v) is 11.0. The van der Waals surface area contributed by atoms with Gasteiger partial charge in [-0.1, -0.05) is 35.5 Å². The number of fused-ring (bicyclic) bond motifs is 1. The molecule has 2 aliphatic heterocycles.